The number of anilines is 1. The van der Waals surface area contributed by atoms with Crippen molar-refractivity contribution < 1.29 is 9.53 Å². The van der Waals surface area contributed by atoms with Gasteiger partial charge < -0.3 is 10.1 Å². The average molecular weight is 317 g/mol. The van der Waals surface area contributed by atoms with Gasteiger partial charge in [0.1, 0.15) is 6.10 Å². The number of rotatable bonds is 2. The fraction of sp³-hybridized carbons (Fsp3) is 0.167. The third-order valence-electron chi connectivity index (χ3n) is 2.51. The Bertz CT molecular complexity index is 551. The van der Waals surface area contributed by atoms with Crippen LogP contribution in [-0.2, 0) is 4.74 Å². The van der Waals surface area contributed by atoms with Gasteiger partial charge in [-0.15, -0.1) is 0 Å². The molecular formula is C12H10Cl2N2O2S. The van der Waals surface area contributed by atoms with Gasteiger partial charge in [0.2, 0.25) is 0 Å². The Morgan fingerprint density at radius 3 is 2.84 bits per heavy atom. The molecule has 1 heterocycles. The number of hydrogen-bond acceptors (Lipinski definition) is 3. The number of halogens is 2. The number of carbonyl (C=O) groups is 1. The second-order valence-corrected chi connectivity index (χ2v) is 4.99. The summed E-state index contributed by atoms with van der Waals surface area (Å²) >= 11 is 16.6. The lowest BCUT2D eigenvalue weighted by atomic mass is 10.3. The van der Waals surface area contributed by atoms with Crippen LogP contribution in [0.5, 0.6) is 0 Å². The van der Waals surface area contributed by atoms with Crippen LogP contribution in [0, 0.1) is 0 Å². The number of benzene rings is 1. The van der Waals surface area contributed by atoms with Gasteiger partial charge in [-0.05, 0) is 36.5 Å². The van der Waals surface area contributed by atoms with Gasteiger partial charge >= 0.3 is 6.03 Å². The molecule has 1 aromatic carbocycles. The van der Waals surface area contributed by atoms with E-state index < -0.39 is 0 Å². The first-order valence-corrected chi connectivity index (χ1v) is 6.54. The van der Waals surface area contributed by atoms with Gasteiger partial charge in [0.05, 0.1) is 16.6 Å². The van der Waals surface area contributed by atoms with Crippen LogP contribution in [-0.4, -0.2) is 28.8 Å². The predicted octanol–water partition coefficient (Wildman–Crippen LogP) is 3.70. The van der Waals surface area contributed by atoms with E-state index in [0.717, 1.165) is 0 Å². The Labute approximate surface area is 125 Å². The summed E-state index contributed by atoms with van der Waals surface area (Å²) in [5.41, 5.74) is 0.532. The van der Waals surface area contributed by atoms with Crippen molar-refractivity contribution in [2.24, 2.45) is 0 Å². The van der Waals surface area contributed by atoms with E-state index in [-0.39, 0.29) is 17.3 Å². The van der Waals surface area contributed by atoms with E-state index >= 15 is 0 Å². The highest BCUT2D eigenvalue weighted by atomic mass is 35.5. The minimum absolute atomic E-state index is 0.127. The summed E-state index contributed by atoms with van der Waals surface area (Å²) in [4.78, 5) is 13.3. The first-order chi connectivity index (χ1) is 9.01. The van der Waals surface area contributed by atoms with Crippen LogP contribution in [0.1, 0.15) is 0 Å². The molecule has 1 N–H and O–H groups in total. The van der Waals surface area contributed by atoms with E-state index in [1.165, 1.54) is 4.90 Å². The maximum atomic E-state index is 12.0. The van der Waals surface area contributed by atoms with Crippen molar-refractivity contribution in [2.45, 2.75) is 6.10 Å². The molecule has 100 valence electrons. The smallest absolute Gasteiger partial charge is 0.329 e. The molecule has 2 rings (SSSR count). The number of ether oxygens (including phenoxy) is 1. The SMILES string of the molecule is C=CC1CN(C(=O)Nc2ccc(Cl)c(Cl)c2)C(=S)O1. The zero-order chi connectivity index (χ0) is 14.0. The molecule has 0 aromatic heterocycles. The van der Waals surface area contributed by atoms with Gasteiger partial charge in [0.25, 0.3) is 5.17 Å². The highest BCUT2D eigenvalue weighted by molar-refractivity contribution is 7.80. The number of nitrogens with one attached hydrogen (secondary N) is 1. The van der Waals surface area contributed by atoms with Crippen LogP contribution < -0.4 is 5.32 Å². The minimum Gasteiger partial charge on any atom is -0.461 e. The quantitative estimate of drug-likeness (QED) is 0.668. The number of thiocarbonyl (C=S) groups is 1. The van der Waals surface area contributed by atoms with Crippen molar-refractivity contribution in [3.05, 3.63) is 40.9 Å². The first kappa shape index (κ1) is 14.1. The summed E-state index contributed by atoms with van der Waals surface area (Å²) in [5.74, 6) is 0. The molecule has 1 atom stereocenters. The molecule has 1 saturated heterocycles. The fourth-order valence-electron chi connectivity index (χ4n) is 1.54. The highest BCUT2D eigenvalue weighted by Crippen LogP contribution is 2.25. The molecule has 1 fully saturated rings. The summed E-state index contributed by atoms with van der Waals surface area (Å²) in [5, 5.41) is 3.58. The minimum atomic E-state index is -0.382. The average Bonchev–Trinajstić information content (AvgIpc) is 2.75. The van der Waals surface area contributed by atoms with Gasteiger partial charge in [-0.1, -0.05) is 29.8 Å². The van der Waals surface area contributed by atoms with Gasteiger partial charge in [0.15, 0.2) is 0 Å². The monoisotopic (exact) mass is 316 g/mol. The third-order valence-corrected chi connectivity index (χ3v) is 3.57. The van der Waals surface area contributed by atoms with Crippen LogP contribution in [0.2, 0.25) is 10.0 Å². The molecule has 19 heavy (non-hydrogen) atoms. The summed E-state index contributed by atoms with van der Waals surface area (Å²) < 4.78 is 5.26. The maximum absolute atomic E-state index is 12.0. The molecule has 1 unspecified atom stereocenters. The van der Waals surface area contributed by atoms with E-state index in [0.29, 0.717) is 22.3 Å². The maximum Gasteiger partial charge on any atom is 0.329 e. The molecule has 2 amide bonds. The Morgan fingerprint density at radius 2 is 2.26 bits per heavy atom. The van der Waals surface area contributed by atoms with Gasteiger partial charge in [0, 0.05) is 5.69 Å². The third kappa shape index (κ3) is 3.18. The largest absolute Gasteiger partial charge is 0.461 e. The topological polar surface area (TPSA) is 41.6 Å². The first-order valence-electron chi connectivity index (χ1n) is 5.38. The number of hydrogen-bond donors (Lipinski definition) is 1. The zero-order valence-electron chi connectivity index (χ0n) is 9.73. The number of amides is 2. The normalized spacial score (nSPS) is 18.1. The van der Waals surface area contributed by atoms with E-state index in [1.54, 1.807) is 24.3 Å². The number of carbonyl (C=O) groups excluding carboxylic acids is 1. The predicted molar refractivity (Wildman–Crippen MR) is 79.9 cm³/mol. The molecule has 0 aliphatic carbocycles. The lowest BCUT2D eigenvalue weighted by Gasteiger charge is -2.14. The molecule has 0 saturated carbocycles. The Hall–Kier alpha value is -1.30. The Morgan fingerprint density at radius 1 is 1.53 bits per heavy atom. The molecule has 4 nitrogen and oxygen atoms in total. The summed E-state index contributed by atoms with van der Waals surface area (Å²) in [6.45, 7) is 3.94. The van der Waals surface area contributed by atoms with Gasteiger partial charge in [-0.3, -0.25) is 4.90 Å². The molecule has 0 bridgehead atoms. The molecule has 7 heteroatoms. The molecule has 1 aliphatic rings. The Balaban J connectivity index is 2.07. The molecule has 1 aromatic rings. The summed E-state index contributed by atoms with van der Waals surface area (Å²) in [6, 6.07) is 4.43. The van der Waals surface area contributed by atoms with E-state index in [1.807, 2.05) is 0 Å². The van der Waals surface area contributed by atoms with E-state index in [2.05, 4.69) is 11.9 Å². The van der Waals surface area contributed by atoms with Crippen molar-refractivity contribution >= 4 is 52.3 Å². The second-order valence-electron chi connectivity index (χ2n) is 3.83. The highest BCUT2D eigenvalue weighted by Gasteiger charge is 2.31. The van der Waals surface area contributed by atoms with Gasteiger partial charge in [-0.25, -0.2) is 4.79 Å². The van der Waals surface area contributed by atoms with Crippen molar-refractivity contribution in [1.29, 1.82) is 0 Å². The lowest BCUT2D eigenvalue weighted by molar-refractivity contribution is 0.236. The van der Waals surface area contributed by atoms with E-state index in [4.69, 9.17) is 40.2 Å². The standard InChI is InChI=1S/C12H10Cl2N2O2S/c1-2-8-6-16(12(19)18-8)11(17)15-7-3-4-9(13)10(14)5-7/h2-5,8H,1,6H2,(H,15,17). The van der Waals surface area contributed by atoms with Crippen LogP contribution >= 0.6 is 35.4 Å². The van der Waals surface area contributed by atoms with Gasteiger partial charge in [-0.2, -0.15) is 0 Å². The van der Waals surface area contributed by atoms with Crippen molar-refractivity contribution in [2.75, 3.05) is 11.9 Å². The molecule has 0 radical (unpaired) electrons. The zero-order valence-corrected chi connectivity index (χ0v) is 12.1. The second kappa shape index (κ2) is 5.77. The molecular weight excluding hydrogens is 307 g/mol. The van der Waals surface area contributed by atoms with Crippen LogP contribution in [0.15, 0.2) is 30.9 Å². The van der Waals surface area contributed by atoms with Crippen LogP contribution in [0.3, 0.4) is 0 Å². The Kier molecular flexibility index (Phi) is 4.29. The summed E-state index contributed by atoms with van der Waals surface area (Å²) in [6.07, 6.45) is 1.32. The van der Waals surface area contributed by atoms with Crippen molar-refractivity contribution in [3.63, 3.8) is 0 Å². The summed E-state index contributed by atoms with van der Waals surface area (Å²) in [7, 11) is 0. The molecule has 0 spiro atoms. The fourth-order valence-corrected chi connectivity index (χ4v) is 2.12. The van der Waals surface area contributed by atoms with Crippen LogP contribution in [0.25, 0.3) is 0 Å². The van der Waals surface area contributed by atoms with E-state index in [9.17, 15) is 4.79 Å². The van der Waals surface area contributed by atoms with Crippen molar-refractivity contribution in [3.8, 4) is 0 Å². The lowest BCUT2D eigenvalue weighted by Crippen LogP contribution is -2.35. The number of nitrogens with zero attached hydrogens (tertiary/aromatic N) is 1. The van der Waals surface area contributed by atoms with Crippen LogP contribution in [0.4, 0.5) is 10.5 Å². The van der Waals surface area contributed by atoms with Crippen molar-refractivity contribution in [1.82, 2.24) is 4.90 Å². The molecule has 1 aliphatic heterocycles. The number of urea groups is 1.